The van der Waals surface area contributed by atoms with Gasteiger partial charge in [-0.15, -0.1) is 0 Å². The summed E-state index contributed by atoms with van der Waals surface area (Å²) in [5.41, 5.74) is 0.682. The van der Waals surface area contributed by atoms with Crippen LogP contribution < -0.4 is 4.90 Å². The van der Waals surface area contributed by atoms with E-state index in [1.165, 1.54) is 0 Å². The normalized spacial score (nSPS) is 26.8. The predicted molar refractivity (Wildman–Crippen MR) is 87.5 cm³/mol. The minimum Gasteiger partial charge on any atom is -0.391 e. The molecule has 2 saturated heterocycles. The smallest absolute Gasteiger partial charge is 0.254 e. The summed E-state index contributed by atoms with van der Waals surface area (Å²) in [6, 6.07) is 3.68. The second-order valence-corrected chi connectivity index (χ2v) is 7.26. The highest BCUT2D eigenvalue weighted by atomic mass is 16.3. The van der Waals surface area contributed by atoms with Gasteiger partial charge < -0.3 is 19.8 Å². The van der Waals surface area contributed by atoms with Crippen LogP contribution in [-0.2, 0) is 0 Å². The van der Waals surface area contributed by atoms with Crippen molar-refractivity contribution in [3.63, 3.8) is 0 Å². The Hall–Kier alpha value is -1.66. The maximum absolute atomic E-state index is 12.8. The molecule has 1 atom stereocenters. The van der Waals surface area contributed by atoms with E-state index < -0.39 is 0 Å². The van der Waals surface area contributed by atoms with Crippen molar-refractivity contribution in [3.8, 4) is 0 Å². The molecule has 3 aliphatic rings. The van der Waals surface area contributed by atoms with Crippen LogP contribution >= 0.6 is 0 Å². The molecule has 1 unspecified atom stereocenters. The van der Waals surface area contributed by atoms with Gasteiger partial charge in [-0.3, -0.25) is 4.79 Å². The molecular formula is C17H24N4O2. The molecule has 1 aliphatic carbocycles. The maximum Gasteiger partial charge on any atom is 0.254 e. The van der Waals surface area contributed by atoms with Crippen molar-refractivity contribution in [2.45, 2.75) is 18.9 Å². The molecule has 3 heterocycles. The number of amides is 1. The molecule has 1 spiro atoms. The molecule has 6 heteroatoms. The van der Waals surface area contributed by atoms with Gasteiger partial charge in [0.25, 0.3) is 5.91 Å². The van der Waals surface area contributed by atoms with Crippen LogP contribution in [-0.4, -0.2) is 78.2 Å². The first-order valence-electron chi connectivity index (χ1n) is 8.44. The first-order chi connectivity index (χ1) is 11.1. The van der Waals surface area contributed by atoms with Crippen LogP contribution in [0.4, 0.5) is 5.82 Å². The molecule has 1 N–H and O–H groups in total. The highest BCUT2D eigenvalue weighted by molar-refractivity contribution is 5.95. The maximum atomic E-state index is 12.8. The summed E-state index contributed by atoms with van der Waals surface area (Å²) >= 11 is 0. The third-order valence-corrected chi connectivity index (χ3v) is 5.61. The van der Waals surface area contributed by atoms with Gasteiger partial charge in [0.05, 0.1) is 6.10 Å². The lowest BCUT2D eigenvalue weighted by Crippen LogP contribution is -2.44. The molecule has 1 aromatic rings. The van der Waals surface area contributed by atoms with Gasteiger partial charge in [-0.2, -0.15) is 0 Å². The third-order valence-electron chi connectivity index (χ3n) is 5.61. The van der Waals surface area contributed by atoms with E-state index in [0.717, 1.165) is 44.8 Å². The number of pyridine rings is 1. The number of anilines is 1. The molecule has 3 fully saturated rings. The minimum absolute atomic E-state index is 0.00295. The Morgan fingerprint density at radius 3 is 2.70 bits per heavy atom. The highest BCUT2D eigenvalue weighted by Crippen LogP contribution is 2.52. The Labute approximate surface area is 136 Å². The highest BCUT2D eigenvalue weighted by Gasteiger charge is 2.55. The number of carbonyl (C=O) groups excluding carboxylic acids is 1. The fourth-order valence-corrected chi connectivity index (χ4v) is 3.70. The molecule has 1 amide bonds. The molecule has 0 aromatic carbocycles. The number of aliphatic hydroxyl groups is 1. The molecule has 1 saturated carbocycles. The van der Waals surface area contributed by atoms with E-state index in [0.29, 0.717) is 18.7 Å². The van der Waals surface area contributed by atoms with Gasteiger partial charge in [-0.25, -0.2) is 4.98 Å². The van der Waals surface area contributed by atoms with Crippen molar-refractivity contribution in [1.82, 2.24) is 14.8 Å². The fourth-order valence-electron chi connectivity index (χ4n) is 3.70. The number of carbonyl (C=O) groups is 1. The van der Waals surface area contributed by atoms with Gasteiger partial charge in [-0.05, 0) is 32.0 Å². The van der Waals surface area contributed by atoms with Crippen LogP contribution in [0.3, 0.4) is 0 Å². The molecule has 0 bridgehead atoms. The molecular weight excluding hydrogens is 292 g/mol. The summed E-state index contributed by atoms with van der Waals surface area (Å²) in [6.07, 6.45) is 3.45. The second-order valence-electron chi connectivity index (χ2n) is 7.26. The average Bonchev–Trinajstić information content (AvgIpc) is 3.27. The van der Waals surface area contributed by atoms with Crippen LogP contribution in [0, 0.1) is 5.41 Å². The van der Waals surface area contributed by atoms with Crippen LogP contribution in [0.15, 0.2) is 18.3 Å². The number of rotatable bonds is 2. The summed E-state index contributed by atoms with van der Waals surface area (Å²) in [6.45, 7) is 5.06. The van der Waals surface area contributed by atoms with Gasteiger partial charge in [0.1, 0.15) is 5.82 Å². The average molecular weight is 316 g/mol. The summed E-state index contributed by atoms with van der Waals surface area (Å²) in [7, 11) is 2.12. The fraction of sp³-hybridized carbons (Fsp3) is 0.647. The second kappa shape index (κ2) is 5.46. The van der Waals surface area contributed by atoms with E-state index in [2.05, 4.69) is 21.8 Å². The van der Waals surface area contributed by atoms with Crippen LogP contribution in [0.5, 0.6) is 0 Å². The Morgan fingerprint density at radius 1 is 1.30 bits per heavy atom. The Morgan fingerprint density at radius 2 is 2.04 bits per heavy atom. The van der Waals surface area contributed by atoms with Crippen LogP contribution in [0.2, 0.25) is 0 Å². The Bertz CT molecular complexity index is 608. The minimum atomic E-state index is -0.356. The number of piperazine rings is 1. The van der Waals surface area contributed by atoms with Gasteiger partial charge >= 0.3 is 0 Å². The van der Waals surface area contributed by atoms with E-state index in [1.807, 2.05) is 6.07 Å². The summed E-state index contributed by atoms with van der Waals surface area (Å²) < 4.78 is 0. The zero-order chi connectivity index (χ0) is 16.0. The van der Waals surface area contributed by atoms with E-state index in [4.69, 9.17) is 0 Å². The standard InChI is InChI=1S/C17H24N4O2/c1-19-6-8-20(9-7-19)15-10-13(2-5-18-15)16(23)21-11-14(22)17(12-21)3-4-17/h2,5,10,14,22H,3-4,6-9,11-12H2,1H3. The van der Waals surface area contributed by atoms with Gasteiger partial charge in [0.2, 0.25) is 0 Å². The topological polar surface area (TPSA) is 59.9 Å². The van der Waals surface area contributed by atoms with Crippen LogP contribution in [0.1, 0.15) is 23.2 Å². The summed E-state index contributed by atoms with van der Waals surface area (Å²) in [5, 5.41) is 10.1. The van der Waals surface area contributed by atoms with E-state index >= 15 is 0 Å². The van der Waals surface area contributed by atoms with Gasteiger partial charge in [0.15, 0.2) is 0 Å². The third kappa shape index (κ3) is 2.70. The molecule has 0 radical (unpaired) electrons. The molecule has 23 heavy (non-hydrogen) atoms. The molecule has 124 valence electrons. The summed E-state index contributed by atoms with van der Waals surface area (Å²) in [5.74, 6) is 0.899. The summed E-state index contributed by atoms with van der Waals surface area (Å²) in [4.78, 5) is 23.5. The predicted octanol–water partition coefficient (Wildman–Crippen LogP) is 0.430. The van der Waals surface area contributed by atoms with Crippen molar-refractivity contribution in [1.29, 1.82) is 0 Å². The SMILES string of the molecule is CN1CCN(c2cc(C(=O)N3CC(O)C4(CC4)C3)ccn2)CC1. The van der Waals surface area contributed by atoms with Gasteiger partial charge in [0, 0.05) is 56.4 Å². The van der Waals surface area contributed by atoms with E-state index in [9.17, 15) is 9.90 Å². The lowest BCUT2D eigenvalue weighted by Gasteiger charge is -2.33. The first kappa shape index (κ1) is 14.9. The number of likely N-dealkylation sites (tertiary alicyclic amines) is 1. The van der Waals surface area contributed by atoms with Crippen molar-refractivity contribution < 1.29 is 9.90 Å². The molecule has 4 rings (SSSR count). The van der Waals surface area contributed by atoms with Crippen molar-refractivity contribution in [2.75, 3.05) is 51.2 Å². The zero-order valence-corrected chi connectivity index (χ0v) is 13.6. The number of hydrogen-bond acceptors (Lipinski definition) is 5. The van der Waals surface area contributed by atoms with Crippen molar-refractivity contribution >= 4 is 11.7 Å². The number of β-amino-alcohol motifs (C(OH)–C–C–N with tert-alkyl or cyclic N) is 1. The molecule has 2 aliphatic heterocycles. The number of likely N-dealkylation sites (N-methyl/N-ethyl adjacent to an activating group) is 1. The van der Waals surface area contributed by atoms with E-state index in [1.54, 1.807) is 17.2 Å². The van der Waals surface area contributed by atoms with Crippen molar-refractivity contribution in [2.24, 2.45) is 5.41 Å². The van der Waals surface area contributed by atoms with Gasteiger partial charge in [-0.1, -0.05) is 0 Å². The van der Waals surface area contributed by atoms with Crippen LogP contribution in [0.25, 0.3) is 0 Å². The van der Waals surface area contributed by atoms with E-state index in [-0.39, 0.29) is 17.4 Å². The number of aliphatic hydroxyl groups excluding tert-OH is 1. The first-order valence-corrected chi connectivity index (χ1v) is 8.44. The largest absolute Gasteiger partial charge is 0.391 e. The number of aromatic nitrogens is 1. The van der Waals surface area contributed by atoms with Crippen molar-refractivity contribution in [3.05, 3.63) is 23.9 Å². The molecule has 1 aromatic heterocycles. The monoisotopic (exact) mass is 316 g/mol. The zero-order valence-electron chi connectivity index (χ0n) is 13.6. The number of nitrogens with zero attached hydrogens (tertiary/aromatic N) is 4. The quantitative estimate of drug-likeness (QED) is 0.857. The lowest BCUT2D eigenvalue weighted by molar-refractivity contribution is 0.0764. The lowest BCUT2D eigenvalue weighted by atomic mass is 10.0. The molecule has 6 nitrogen and oxygen atoms in total. The Kier molecular flexibility index (Phi) is 3.54. The Balaban J connectivity index is 1.49. The number of hydrogen-bond donors (Lipinski definition) is 1.